The van der Waals surface area contributed by atoms with Crippen LogP contribution in [-0.2, 0) is 11.3 Å². The summed E-state index contributed by atoms with van der Waals surface area (Å²) < 4.78 is 6.97. The lowest BCUT2D eigenvalue weighted by atomic mass is 10.2. The van der Waals surface area contributed by atoms with Gasteiger partial charge in [-0.05, 0) is 24.3 Å². The third-order valence-corrected chi connectivity index (χ3v) is 2.99. The van der Waals surface area contributed by atoms with E-state index >= 15 is 0 Å². The lowest BCUT2D eigenvalue weighted by Crippen LogP contribution is -2.19. The van der Waals surface area contributed by atoms with Gasteiger partial charge in [-0.25, -0.2) is 4.68 Å². The van der Waals surface area contributed by atoms with Gasteiger partial charge in [-0.15, -0.1) is 10.2 Å². The van der Waals surface area contributed by atoms with Crippen molar-refractivity contribution >= 4 is 17.6 Å². The standard InChI is InChI=1S/C14H15N7O2/c1-20(2)14-18-17-13(23-14)10-3-5-11(6-4-10)16-12(22)9-21-8-7-15-19-21/h3-8H,9H2,1-2H3,(H,16,22). The summed E-state index contributed by atoms with van der Waals surface area (Å²) in [5, 5.41) is 18.1. The zero-order valence-corrected chi connectivity index (χ0v) is 12.7. The van der Waals surface area contributed by atoms with Crippen molar-refractivity contribution in [1.82, 2.24) is 25.2 Å². The summed E-state index contributed by atoms with van der Waals surface area (Å²) in [4.78, 5) is 13.6. The van der Waals surface area contributed by atoms with Crippen molar-refractivity contribution in [2.24, 2.45) is 0 Å². The molecule has 2 aromatic heterocycles. The molecule has 0 radical (unpaired) electrons. The Morgan fingerprint density at radius 1 is 1.26 bits per heavy atom. The summed E-state index contributed by atoms with van der Waals surface area (Å²) in [6, 6.07) is 7.59. The quantitative estimate of drug-likeness (QED) is 0.750. The highest BCUT2D eigenvalue weighted by atomic mass is 16.4. The molecule has 23 heavy (non-hydrogen) atoms. The molecule has 0 saturated heterocycles. The van der Waals surface area contributed by atoms with Crippen molar-refractivity contribution in [3.63, 3.8) is 0 Å². The maximum atomic E-state index is 11.9. The molecule has 9 nitrogen and oxygen atoms in total. The Morgan fingerprint density at radius 2 is 2.04 bits per heavy atom. The molecule has 0 spiro atoms. The number of aromatic nitrogens is 5. The normalized spacial score (nSPS) is 10.5. The molecule has 0 fully saturated rings. The van der Waals surface area contributed by atoms with Crippen LogP contribution in [0, 0.1) is 0 Å². The number of carbonyl (C=O) groups is 1. The van der Waals surface area contributed by atoms with Crippen molar-refractivity contribution in [3.8, 4) is 11.5 Å². The van der Waals surface area contributed by atoms with Crippen LogP contribution in [0.3, 0.4) is 0 Å². The number of anilines is 2. The summed E-state index contributed by atoms with van der Waals surface area (Å²) in [6.45, 7) is 0.109. The van der Waals surface area contributed by atoms with E-state index in [0.29, 0.717) is 17.6 Å². The fraction of sp³-hybridized carbons (Fsp3) is 0.214. The molecular formula is C14H15N7O2. The van der Waals surface area contributed by atoms with Crippen molar-refractivity contribution in [1.29, 1.82) is 0 Å². The first-order valence-electron chi connectivity index (χ1n) is 6.87. The van der Waals surface area contributed by atoms with Gasteiger partial charge in [0.25, 0.3) is 0 Å². The molecule has 1 amide bonds. The maximum Gasteiger partial charge on any atom is 0.317 e. The SMILES string of the molecule is CN(C)c1nnc(-c2ccc(NC(=O)Cn3ccnn3)cc2)o1. The van der Waals surface area contributed by atoms with Crippen LogP contribution in [0.25, 0.3) is 11.5 Å². The molecule has 9 heteroatoms. The minimum atomic E-state index is -0.184. The summed E-state index contributed by atoms with van der Waals surface area (Å²) >= 11 is 0. The molecule has 1 aromatic carbocycles. The molecule has 0 aliphatic heterocycles. The van der Waals surface area contributed by atoms with Gasteiger partial charge in [-0.1, -0.05) is 10.3 Å². The fourth-order valence-electron chi connectivity index (χ4n) is 1.87. The number of carbonyl (C=O) groups excluding carboxylic acids is 1. The van der Waals surface area contributed by atoms with Crippen molar-refractivity contribution < 1.29 is 9.21 Å². The number of hydrogen-bond acceptors (Lipinski definition) is 7. The van der Waals surface area contributed by atoms with Gasteiger partial charge in [0, 0.05) is 31.5 Å². The smallest absolute Gasteiger partial charge is 0.317 e. The van der Waals surface area contributed by atoms with Gasteiger partial charge in [0.15, 0.2) is 0 Å². The molecule has 0 saturated carbocycles. The van der Waals surface area contributed by atoms with E-state index < -0.39 is 0 Å². The van der Waals surface area contributed by atoms with E-state index in [1.165, 1.54) is 10.9 Å². The van der Waals surface area contributed by atoms with Gasteiger partial charge < -0.3 is 14.6 Å². The van der Waals surface area contributed by atoms with E-state index in [9.17, 15) is 4.79 Å². The molecule has 0 aliphatic carbocycles. The van der Waals surface area contributed by atoms with E-state index in [2.05, 4.69) is 25.8 Å². The fourth-order valence-corrected chi connectivity index (χ4v) is 1.87. The van der Waals surface area contributed by atoms with Gasteiger partial charge in [-0.3, -0.25) is 4.79 Å². The Morgan fingerprint density at radius 3 is 2.65 bits per heavy atom. The third-order valence-electron chi connectivity index (χ3n) is 2.99. The van der Waals surface area contributed by atoms with E-state index in [-0.39, 0.29) is 12.5 Å². The van der Waals surface area contributed by atoms with Gasteiger partial charge in [-0.2, -0.15) is 0 Å². The molecule has 0 atom stereocenters. The van der Waals surface area contributed by atoms with Crippen LogP contribution >= 0.6 is 0 Å². The zero-order chi connectivity index (χ0) is 16.2. The van der Waals surface area contributed by atoms with Gasteiger partial charge in [0.2, 0.25) is 11.8 Å². The van der Waals surface area contributed by atoms with Gasteiger partial charge >= 0.3 is 6.01 Å². The molecular weight excluding hydrogens is 298 g/mol. The number of rotatable bonds is 5. The average molecular weight is 313 g/mol. The number of amides is 1. The molecule has 0 unspecified atom stereocenters. The largest absolute Gasteiger partial charge is 0.403 e. The Labute approximate surface area is 131 Å². The van der Waals surface area contributed by atoms with Crippen LogP contribution < -0.4 is 10.2 Å². The Kier molecular flexibility index (Phi) is 4.00. The number of nitrogens with one attached hydrogen (secondary N) is 1. The maximum absolute atomic E-state index is 11.9. The first-order chi connectivity index (χ1) is 11.1. The predicted octanol–water partition coefficient (Wildman–Crippen LogP) is 1.03. The number of hydrogen-bond donors (Lipinski definition) is 1. The molecule has 118 valence electrons. The zero-order valence-electron chi connectivity index (χ0n) is 12.7. The van der Waals surface area contributed by atoms with Crippen LogP contribution in [0.5, 0.6) is 0 Å². The second-order valence-electron chi connectivity index (χ2n) is 5.01. The van der Waals surface area contributed by atoms with Gasteiger partial charge in [0.05, 0.1) is 6.20 Å². The first kappa shape index (κ1) is 14.7. The molecule has 3 rings (SSSR count). The highest BCUT2D eigenvalue weighted by molar-refractivity contribution is 5.90. The lowest BCUT2D eigenvalue weighted by molar-refractivity contribution is -0.116. The topological polar surface area (TPSA) is 102 Å². The van der Waals surface area contributed by atoms with Crippen LogP contribution in [0.15, 0.2) is 41.1 Å². The van der Waals surface area contributed by atoms with Crippen LogP contribution in [0.2, 0.25) is 0 Å². The molecule has 3 aromatic rings. The summed E-state index contributed by atoms with van der Waals surface area (Å²) in [7, 11) is 3.65. The van der Waals surface area contributed by atoms with Crippen molar-refractivity contribution in [2.75, 3.05) is 24.3 Å². The minimum absolute atomic E-state index is 0.109. The summed E-state index contributed by atoms with van der Waals surface area (Å²) in [5.41, 5.74) is 1.45. The Hall–Kier alpha value is -3.23. The predicted molar refractivity (Wildman–Crippen MR) is 82.7 cm³/mol. The third kappa shape index (κ3) is 3.51. The highest BCUT2D eigenvalue weighted by Gasteiger charge is 2.10. The minimum Gasteiger partial charge on any atom is -0.403 e. The second kappa shape index (κ2) is 6.26. The molecule has 0 aliphatic rings. The van der Waals surface area contributed by atoms with Crippen molar-refractivity contribution in [3.05, 3.63) is 36.7 Å². The lowest BCUT2D eigenvalue weighted by Gasteiger charge is -2.05. The monoisotopic (exact) mass is 313 g/mol. The summed E-state index contributed by atoms with van der Waals surface area (Å²) in [5.74, 6) is 0.241. The van der Waals surface area contributed by atoms with Crippen molar-refractivity contribution in [2.45, 2.75) is 6.54 Å². The van der Waals surface area contributed by atoms with E-state index in [4.69, 9.17) is 4.42 Å². The molecule has 0 bridgehead atoms. The van der Waals surface area contributed by atoms with Gasteiger partial charge in [0.1, 0.15) is 6.54 Å². The molecule has 1 N–H and O–H groups in total. The van der Waals surface area contributed by atoms with E-state index in [1.807, 2.05) is 14.1 Å². The van der Waals surface area contributed by atoms with Crippen LogP contribution in [0.1, 0.15) is 0 Å². The number of benzene rings is 1. The Balaban J connectivity index is 1.65. The summed E-state index contributed by atoms with van der Waals surface area (Å²) in [6.07, 6.45) is 3.15. The average Bonchev–Trinajstić information content (AvgIpc) is 3.19. The van der Waals surface area contributed by atoms with Crippen LogP contribution in [-0.4, -0.2) is 45.2 Å². The first-order valence-corrected chi connectivity index (χ1v) is 6.87. The van der Waals surface area contributed by atoms with Crippen LogP contribution in [0.4, 0.5) is 11.7 Å². The molecule has 2 heterocycles. The van der Waals surface area contributed by atoms with E-state index in [1.54, 1.807) is 35.4 Å². The second-order valence-corrected chi connectivity index (χ2v) is 5.01. The van der Waals surface area contributed by atoms with E-state index in [0.717, 1.165) is 5.56 Å². The number of nitrogens with zero attached hydrogens (tertiary/aromatic N) is 6. The Bertz CT molecular complexity index is 778. The highest BCUT2D eigenvalue weighted by Crippen LogP contribution is 2.22.